The molecule has 4 aromatic rings. The first-order chi connectivity index (χ1) is 23.9. The second-order valence-electron chi connectivity index (χ2n) is 11.8. The van der Waals surface area contributed by atoms with Crippen molar-refractivity contribution in [3.05, 3.63) is 89.4 Å². The molecule has 0 radical (unpaired) electrons. The van der Waals surface area contributed by atoms with Gasteiger partial charge in [0.05, 0.1) is 46.4 Å². The predicted octanol–water partition coefficient (Wildman–Crippen LogP) is 6.62. The number of pyridine rings is 2. The minimum atomic E-state index is -0.310. The molecule has 1 saturated heterocycles. The van der Waals surface area contributed by atoms with Gasteiger partial charge in [0, 0.05) is 55.2 Å². The van der Waals surface area contributed by atoms with Gasteiger partial charge in [-0.15, -0.1) is 0 Å². The van der Waals surface area contributed by atoms with E-state index in [1.54, 1.807) is 30.5 Å². The maximum atomic E-state index is 13.1. The number of anilines is 3. The van der Waals surface area contributed by atoms with Crippen LogP contribution in [0.15, 0.2) is 73.1 Å². The molecule has 3 N–H and O–H groups in total. The van der Waals surface area contributed by atoms with Crippen LogP contribution < -0.4 is 20.1 Å². The summed E-state index contributed by atoms with van der Waals surface area (Å²) in [6, 6.07) is 16.6. The molecule has 1 fully saturated rings. The molecule has 1 amide bonds. The maximum Gasteiger partial charge on any atom is 0.248 e. The van der Waals surface area contributed by atoms with Gasteiger partial charge in [0.25, 0.3) is 0 Å². The molecule has 0 aliphatic carbocycles. The highest BCUT2D eigenvalue weighted by Gasteiger charge is 2.21. The number of halogens is 1. The number of carbonyl (C=O) groups is 1. The number of aromatic nitrogens is 2. The molecule has 1 aliphatic rings. The minimum Gasteiger partial charge on any atom is -0.486 e. The summed E-state index contributed by atoms with van der Waals surface area (Å²) >= 11 is 6.59. The van der Waals surface area contributed by atoms with Gasteiger partial charge >= 0.3 is 0 Å². The Balaban J connectivity index is 1.35. The van der Waals surface area contributed by atoms with Gasteiger partial charge in [0.1, 0.15) is 30.3 Å². The van der Waals surface area contributed by atoms with E-state index in [2.05, 4.69) is 31.6 Å². The average Bonchev–Trinajstić information content (AvgIpc) is 3.62. The Morgan fingerprint density at radius 3 is 2.80 bits per heavy atom. The molecule has 256 valence electrons. The van der Waals surface area contributed by atoms with Crippen LogP contribution in [-0.4, -0.2) is 71.9 Å². The topological polar surface area (TPSA) is 142 Å². The Bertz CT molecular complexity index is 1780. The molecule has 2 aromatic carbocycles. The van der Waals surface area contributed by atoms with E-state index in [-0.39, 0.29) is 25.2 Å². The molecule has 2 aromatic heterocycles. The lowest BCUT2D eigenvalue weighted by Gasteiger charge is -2.19. The first kappa shape index (κ1) is 35.6. The van der Waals surface area contributed by atoms with Crippen LogP contribution in [0.1, 0.15) is 43.4 Å². The number of hydrogen-bond donors (Lipinski definition) is 3. The normalized spacial score (nSPS) is 14.3. The quantitative estimate of drug-likeness (QED) is 0.0820. The Morgan fingerprint density at radius 1 is 1.16 bits per heavy atom. The highest BCUT2D eigenvalue weighted by atomic mass is 35.5. The zero-order valence-corrected chi connectivity index (χ0v) is 28.3. The Kier molecular flexibility index (Phi) is 13.2. The lowest BCUT2D eigenvalue weighted by atomic mass is 10.1. The van der Waals surface area contributed by atoms with Crippen LogP contribution in [-0.2, 0) is 16.1 Å². The third-order valence-electron chi connectivity index (χ3n) is 7.97. The fourth-order valence-electron chi connectivity index (χ4n) is 5.35. The number of likely N-dealkylation sites (N-methyl/N-ethyl adjacent to an activating group) is 1. The Hall–Kier alpha value is -4.73. The SMILES string of the molecule is CN(C/C=C/C(=O)Nc1cc2c(Nc3ccc(OCc4ccccn4)c(Cl)c3)c(C#N)cnc2cc1OC1CCOC1)CCCCCCO. The number of nitrogens with zero attached hydrogens (tertiary/aromatic N) is 4. The zero-order valence-electron chi connectivity index (χ0n) is 27.5. The van der Waals surface area contributed by atoms with Crippen molar-refractivity contribution >= 4 is 45.5 Å². The lowest BCUT2D eigenvalue weighted by Crippen LogP contribution is -2.20. The van der Waals surface area contributed by atoms with Crippen LogP contribution in [0, 0.1) is 11.3 Å². The average molecular weight is 685 g/mol. The number of rotatable bonds is 17. The van der Waals surface area contributed by atoms with E-state index < -0.39 is 0 Å². The Labute approximate surface area is 291 Å². The van der Waals surface area contributed by atoms with Crippen molar-refractivity contribution in [3.8, 4) is 17.6 Å². The van der Waals surface area contributed by atoms with Crippen LogP contribution in [0.3, 0.4) is 0 Å². The molecule has 1 unspecified atom stereocenters. The second kappa shape index (κ2) is 18.1. The van der Waals surface area contributed by atoms with Crippen molar-refractivity contribution in [1.29, 1.82) is 5.26 Å². The molecule has 12 heteroatoms. The fraction of sp³-hybridized carbons (Fsp3) is 0.351. The summed E-state index contributed by atoms with van der Waals surface area (Å²) in [5.74, 6) is 0.651. The number of aliphatic hydroxyl groups excluding tert-OH is 1. The number of carbonyl (C=O) groups excluding carboxylic acids is 1. The first-order valence-electron chi connectivity index (χ1n) is 16.4. The monoisotopic (exact) mass is 684 g/mol. The standard InChI is InChI=1S/C37H41ClN6O5/c1-44(15-6-2-3-7-17-45)16-8-10-36(46)43-33-20-30-32(21-35(33)49-29-13-18-47-25-29)41-23-26(22-39)37(30)42-27-11-12-34(31(38)19-27)48-24-28-9-4-5-14-40-28/h4-5,8-12,14,19-21,23,29,45H,2-3,6-7,13,15-18,24-25H2,1H3,(H,41,42)(H,43,46)/b10-8+. The number of ether oxygens (including phenoxy) is 3. The Morgan fingerprint density at radius 2 is 2.04 bits per heavy atom. The van der Waals surface area contributed by atoms with E-state index in [0.717, 1.165) is 44.3 Å². The second-order valence-corrected chi connectivity index (χ2v) is 12.2. The molecule has 0 bridgehead atoms. The molecule has 1 atom stereocenters. The molecule has 1 aliphatic heterocycles. The van der Waals surface area contributed by atoms with Gasteiger partial charge in [-0.2, -0.15) is 5.26 Å². The molecule has 0 saturated carbocycles. The number of fused-ring (bicyclic) bond motifs is 1. The van der Waals surface area contributed by atoms with Gasteiger partial charge in [-0.3, -0.25) is 14.8 Å². The van der Waals surface area contributed by atoms with E-state index in [9.17, 15) is 10.1 Å². The predicted molar refractivity (Wildman–Crippen MR) is 190 cm³/mol. The number of aliphatic hydroxyl groups is 1. The molecule has 5 rings (SSSR count). The maximum absolute atomic E-state index is 13.1. The van der Waals surface area contributed by atoms with Crippen LogP contribution in [0.25, 0.3) is 10.9 Å². The minimum absolute atomic E-state index is 0.161. The zero-order chi connectivity index (χ0) is 34.4. The summed E-state index contributed by atoms with van der Waals surface area (Å²) in [5, 5.41) is 26.3. The van der Waals surface area contributed by atoms with E-state index in [4.69, 9.17) is 30.9 Å². The number of nitriles is 1. The van der Waals surface area contributed by atoms with Crippen molar-refractivity contribution in [3.63, 3.8) is 0 Å². The van der Waals surface area contributed by atoms with Crippen LogP contribution in [0.2, 0.25) is 5.02 Å². The summed E-state index contributed by atoms with van der Waals surface area (Å²) < 4.78 is 17.7. The van der Waals surface area contributed by atoms with E-state index in [1.807, 2.05) is 37.4 Å². The summed E-state index contributed by atoms with van der Waals surface area (Å²) in [5.41, 5.74) is 3.25. The number of unbranched alkanes of at least 4 members (excludes halogenated alkanes) is 3. The molecular formula is C37H41ClN6O5. The first-order valence-corrected chi connectivity index (χ1v) is 16.8. The van der Waals surface area contributed by atoms with Gasteiger partial charge in [-0.1, -0.05) is 36.6 Å². The molecule has 3 heterocycles. The van der Waals surface area contributed by atoms with E-state index >= 15 is 0 Å². The van der Waals surface area contributed by atoms with Crippen molar-refractivity contribution in [1.82, 2.24) is 14.9 Å². The largest absolute Gasteiger partial charge is 0.486 e. The van der Waals surface area contributed by atoms with E-state index in [1.165, 1.54) is 12.3 Å². The molecule has 11 nitrogen and oxygen atoms in total. The number of hydrogen-bond acceptors (Lipinski definition) is 10. The van der Waals surface area contributed by atoms with Crippen molar-refractivity contribution in [2.45, 2.75) is 44.8 Å². The van der Waals surface area contributed by atoms with Gasteiger partial charge in [0.15, 0.2) is 0 Å². The van der Waals surface area contributed by atoms with Gasteiger partial charge in [-0.05, 0) is 62.8 Å². The highest BCUT2D eigenvalue weighted by Crippen LogP contribution is 2.38. The smallest absolute Gasteiger partial charge is 0.248 e. The van der Waals surface area contributed by atoms with Crippen molar-refractivity contribution < 1.29 is 24.1 Å². The van der Waals surface area contributed by atoms with Crippen LogP contribution >= 0.6 is 11.6 Å². The third kappa shape index (κ3) is 10.4. The van der Waals surface area contributed by atoms with Crippen LogP contribution in [0.4, 0.5) is 17.1 Å². The summed E-state index contributed by atoms with van der Waals surface area (Å²) in [4.78, 5) is 24.1. The van der Waals surface area contributed by atoms with Gasteiger partial charge < -0.3 is 34.9 Å². The molecule has 49 heavy (non-hydrogen) atoms. The number of amides is 1. The number of benzene rings is 2. The summed E-state index contributed by atoms with van der Waals surface area (Å²) in [7, 11) is 2.01. The fourth-order valence-corrected chi connectivity index (χ4v) is 5.58. The molecular weight excluding hydrogens is 644 g/mol. The van der Waals surface area contributed by atoms with E-state index in [0.29, 0.717) is 69.8 Å². The summed E-state index contributed by atoms with van der Waals surface area (Å²) in [6.45, 7) is 3.07. The third-order valence-corrected chi connectivity index (χ3v) is 8.26. The summed E-state index contributed by atoms with van der Waals surface area (Å²) in [6.07, 6.45) is 11.0. The molecule has 0 spiro atoms. The van der Waals surface area contributed by atoms with Crippen molar-refractivity contribution in [2.75, 3.05) is 50.6 Å². The van der Waals surface area contributed by atoms with Gasteiger partial charge in [0.2, 0.25) is 5.91 Å². The van der Waals surface area contributed by atoms with Crippen molar-refractivity contribution in [2.24, 2.45) is 0 Å². The van der Waals surface area contributed by atoms with Gasteiger partial charge in [-0.25, -0.2) is 0 Å². The lowest BCUT2D eigenvalue weighted by molar-refractivity contribution is -0.111. The van der Waals surface area contributed by atoms with Crippen LogP contribution in [0.5, 0.6) is 11.5 Å². The number of nitrogens with one attached hydrogen (secondary N) is 2. The highest BCUT2D eigenvalue weighted by molar-refractivity contribution is 6.32.